The van der Waals surface area contributed by atoms with Crippen LogP contribution in [0.15, 0.2) is 218 Å². The van der Waals surface area contributed by atoms with Crippen LogP contribution in [0.2, 0.25) is 0 Å². The summed E-state index contributed by atoms with van der Waals surface area (Å²) < 4.78 is 0. The van der Waals surface area contributed by atoms with Gasteiger partial charge in [0.25, 0.3) is 0 Å². The van der Waals surface area contributed by atoms with E-state index in [-0.39, 0.29) is 11.8 Å². The van der Waals surface area contributed by atoms with E-state index in [1.165, 1.54) is 100 Å². The molecule has 11 rings (SSSR count). The van der Waals surface area contributed by atoms with E-state index in [1.54, 1.807) is 0 Å². The van der Waals surface area contributed by atoms with Gasteiger partial charge in [0.2, 0.25) is 0 Å². The van der Waals surface area contributed by atoms with Gasteiger partial charge in [0.05, 0.1) is 0 Å². The Kier molecular flexibility index (Phi) is 7.74. The smallest absolute Gasteiger partial charge is 0.0352 e. The summed E-state index contributed by atoms with van der Waals surface area (Å²) in [6, 6.07) is 80.9. The number of hydrogen-bond donors (Lipinski definition) is 0. The lowest BCUT2D eigenvalue weighted by Gasteiger charge is -2.16. The van der Waals surface area contributed by atoms with Crippen molar-refractivity contribution in [2.75, 3.05) is 0 Å². The highest BCUT2D eigenvalue weighted by Gasteiger charge is 2.33. The third-order valence-electron chi connectivity index (χ3n) is 12.0. The zero-order valence-corrected chi connectivity index (χ0v) is 30.9. The minimum atomic E-state index is 0.152. The highest BCUT2D eigenvalue weighted by Crippen LogP contribution is 2.54. The van der Waals surface area contributed by atoms with Gasteiger partial charge in [0.15, 0.2) is 0 Å². The van der Waals surface area contributed by atoms with Gasteiger partial charge in [-0.15, -0.1) is 0 Å². The molecule has 0 heterocycles. The largest absolute Gasteiger partial charge is 0.0622 e. The molecule has 2 aliphatic carbocycles. The second-order valence-corrected chi connectivity index (χ2v) is 15.2. The standard InChI is InChI=1S/C56H38/c1-5-16-37(17-6-1)43-32-44(38-18-7-2-8-19-38)34-45(33-43)46-26-15-27-51-55(40-22-11-4-12-23-40)50-31-29-42(36-53(50)56(46)51)41-28-30-49-52(35-41)47-24-13-14-25-48(47)54(49)39-20-9-3-10-21-39/h1-36,54-55H. The molecule has 0 amide bonds. The summed E-state index contributed by atoms with van der Waals surface area (Å²) in [5, 5.41) is 0. The molecule has 0 aliphatic heterocycles. The Morgan fingerprint density at radius 3 is 1.25 bits per heavy atom. The van der Waals surface area contributed by atoms with Crippen molar-refractivity contribution < 1.29 is 0 Å². The number of benzene rings is 9. The van der Waals surface area contributed by atoms with E-state index in [4.69, 9.17) is 0 Å². The third kappa shape index (κ3) is 5.37. The lowest BCUT2D eigenvalue weighted by atomic mass is 9.87. The molecule has 0 heteroatoms. The van der Waals surface area contributed by atoms with E-state index in [9.17, 15) is 0 Å². The molecule has 56 heavy (non-hydrogen) atoms. The minimum absolute atomic E-state index is 0.152. The second kappa shape index (κ2) is 13.4. The van der Waals surface area contributed by atoms with Crippen LogP contribution in [0, 0.1) is 0 Å². The van der Waals surface area contributed by atoms with Crippen molar-refractivity contribution in [2.24, 2.45) is 0 Å². The van der Waals surface area contributed by atoms with Crippen LogP contribution in [0.5, 0.6) is 0 Å². The SMILES string of the molecule is c1ccc(-c2cc(-c3ccccc3)cc(-c3cccc4c3-c3cc(-c5ccc6c(c5)-c5ccccc5C6c5ccccc5)ccc3C4c3ccccc3)c2)cc1. The lowest BCUT2D eigenvalue weighted by molar-refractivity contribution is 1.01. The van der Waals surface area contributed by atoms with Crippen LogP contribution in [-0.2, 0) is 0 Å². The molecule has 2 aliphatic rings. The highest BCUT2D eigenvalue weighted by molar-refractivity contribution is 5.96. The summed E-state index contributed by atoms with van der Waals surface area (Å²) in [5.41, 5.74) is 23.3. The van der Waals surface area contributed by atoms with Crippen molar-refractivity contribution in [3.05, 3.63) is 252 Å². The van der Waals surface area contributed by atoms with Gasteiger partial charge in [-0.25, -0.2) is 0 Å². The van der Waals surface area contributed by atoms with Gasteiger partial charge in [-0.05, 0) is 130 Å². The van der Waals surface area contributed by atoms with Gasteiger partial charge in [0.1, 0.15) is 0 Å². The van der Waals surface area contributed by atoms with Crippen molar-refractivity contribution in [2.45, 2.75) is 11.8 Å². The predicted octanol–water partition coefficient (Wildman–Crippen LogP) is 14.7. The molecule has 0 aromatic heterocycles. The first-order valence-corrected chi connectivity index (χ1v) is 19.7. The molecule has 0 saturated carbocycles. The van der Waals surface area contributed by atoms with Crippen molar-refractivity contribution in [1.29, 1.82) is 0 Å². The Labute approximate surface area is 329 Å². The topological polar surface area (TPSA) is 0 Å². The van der Waals surface area contributed by atoms with E-state index < -0.39 is 0 Å². The molecule has 0 saturated heterocycles. The maximum Gasteiger partial charge on any atom is 0.0352 e. The zero-order valence-electron chi connectivity index (χ0n) is 30.9. The summed E-state index contributed by atoms with van der Waals surface area (Å²) in [5.74, 6) is 0.393. The molecule has 9 aromatic carbocycles. The molecular formula is C56H38. The fourth-order valence-corrected chi connectivity index (χ4v) is 9.49. The molecule has 0 spiro atoms. The van der Waals surface area contributed by atoms with E-state index in [0.717, 1.165) is 0 Å². The Hall–Kier alpha value is -7.02. The third-order valence-corrected chi connectivity index (χ3v) is 12.0. The first kappa shape index (κ1) is 32.4. The summed E-state index contributed by atoms with van der Waals surface area (Å²) in [7, 11) is 0. The molecule has 0 fully saturated rings. The Balaban J connectivity index is 1.10. The predicted molar refractivity (Wildman–Crippen MR) is 234 cm³/mol. The number of hydrogen-bond acceptors (Lipinski definition) is 0. The molecule has 2 unspecified atom stereocenters. The molecule has 262 valence electrons. The average molecular weight is 711 g/mol. The molecular weight excluding hydrogens is 673 g/mol. The maximum absolute atomic E-state index is 2.47. The van der Waals surface area contributed by atoms with Crippen molar-refractivity contribution >= 4 is 0 Å². The normalized spacial score (nSPS) is 14.8. The van der Waals surface area contributed by atoms with Crippen molar-refractivity contribution in [3.8, 4) is 66.8 Å². The molecule has 0 bridgehead atoms. The minimum Gasteiger partial charge on any atom is -0.0622 e. The van der Waals surface area contributed by atoms with E-state index in [0.29, 0.717) is 0 Å². The Morgan fingerprint density at radius 1 is 0.214 bits per heavy atom. The molecule has 0 nitrogen and oxygen atoms in total. The molecule has 0 N–H and O–H groups in total. The first-order chi connectivity index (χ1) is 27.8. The Bertz CT molecular complexity index is 2830. The summed E-state index contributed by atoms with van der Waals surface area (Å²) in [6.07, 6.45) is 0. The van der Waals surface area contributed by atoms with Gasteiger partial charge in [-0.1, -0.05) is 188 Å². The quantitative estimate of drug-likeness (QED) is 0.161. The summed E-state index contributed by atoms with van der Waals surface area (Å²) in [4.78, 5) is 0. The van der Waals surface area contributed by atoms with Crippen LogP contribution in [-0.4, -0.2) is 0 Å². The van der Waals surface area contributed by atoms with Gasteiger partial charge in [-0.3, -0.25) is 0 Å². The highest BCUT2D eigenvalue weighted by atomic mass is 14.4. The van der Waals surface area contributed by atoms with Crippen LogP contribution in [0.1, 0.15) is 45.2 Å². The van der Waals surface area contributed by atoms with Gasteiger partial charge >= 0.3 is 0 Å². The van der Waals surface area contributed by atoms with Crippen LogP contribution >= 0.6 is 0 Å². The average Bonchev–Trinajstić information content (AvgIpc) is 3.80. The van der Waals surface area contributed by atoms with E-state index in [2.05, 4.69) is 218 Å². The second-order valence-electron chi connectivity index (χ2n) is 15.2. The zero-order chi connectivity index (χ0) is 37.0. The van der Waals surface area contributed by atoms with E-state index in [1.807, 2.05) is 0 Å². The summed E-state index contributed by atoms with van der Waals surface area (Å²) in [6.45, 7) is 0. The molecule has 0 radical (unpaired) electrons. The molecule has 9 aromatic rings. The number of fused-ring (bicyclic) bond motifs is 6. The van der Waals surface area contributed by atoms with Crippen LogP contribution in [0.25, 0.3) is 66.8 Å². The van der Waals surface area contributed by atoms with Crippen molar-refractivity contribution in [3.63, 3.8) is 0 Å². The lowest BCUT2D eigenvalue weighted by Crippen LogP contribution is -1.99. The number of rotatable bonds is 6. The maximum atomic E-state index is 2.47. The van der Waals surface area contributed by atoms with E-state index >= 15 is 0 Å². The van der Waals surface area contributed by atoms with Crippen LogP contribution in [0.4, 0.5) is 0 Å². The van der Waals surface area contributed by atoms with Crippen LogP contribution in [0.3, 0.4) is 0 Å². The Morgan fingerprint density at radius 2 is 0.643 bits per heavy atom. The monoisotopic (exact) mass is 710 g/mol. The van der Waals surface area contributed by atoms with Crippen molar-refractivity contribution in [1.82, 2.24) is 0 Å². The van der Waals surface area contributed by atoms with Gasteiger partial charge < -0.3 is 0 Å². The fraction of sp³-hybridized carbons (Fsp3) is 0.0357. The van der Waals surface area contributed by atoms with Gasteiger partial charge in [-0.2, -0.15) is 0 Å². The molecule has 2 atom stereocenters. The van der Waals surface area contributed by atoms with Crippen LogP contribution < -0.4 is 0 Å². The summed E-state index contributed by atoms with van der Waals surface area (Å²) >= 11 is 0. The fourth-order valence-electron chi connectivity index (χ4n) is 9.49. The van der Waals surface area contributed by atoms with Gasteiger partial charge in [0, 0.05) is 11.8 Å². The first-order valence-electron chi connectivity index (χ1n) is 19.7.